The second-order valence-electron chi connectivity index (χ2n) is 5.39. The molecule has 0 aliphatic carbocycles. The van der Waals surface area contributed by atoms with Crippen LogP contribution in [0.2, 0.25) is 0 Å². The molecule has 1 aromatic carbocycles. The van der Waals surface area contributed by atoms with E-state index in [4.69, 9.17) is 11.0 Å². The third kappa shape index (κ3) is 5.75. The first-order valence-electron chi connectivity index (χ1n) is 7.02. The molecule has 0 radical (unpaired) electrons. The van der Waals surface area contributed by atoms with E-state index in [1.165, 1.54) is 0 Å². The van der Waals surface area contributed by atoms with Crippen LogP contribution >= 0.6 is 0 Å². The number of nitriles is 1. The normalized spacial score (nSPS) is 10.3. The lowest BCUT2D eigenvalue weighted by atomic mass is 10.1. The minimum absolute atomic E-state index is 0.108. The van der Waals surface area contributed by atoms with Crippen molar-refractivity contribution < 1.29 is 4.79 Å². The summed E-state index contributed by atoms with van der Waals surface area (Å²) in [4.78, 5) is 14.0. The predicted octanol–water partition coefficient (Wildman–Crippen LogP) is 2.60. The molecule has 20 heavy (non-hydrogen) atoms. The highest BCUT2D eigenvalue weighted by Crippen LogP contribution is 2.10. The highest BCUT2D eigenvalue weighted by atomic mass is 16.2. The van der Waals surface area contributed by atoms with Crippen molar-refractivity contribution in [3.05, 3.63) is 29.8 Å². The van der Waals surface area contributed by atoms with Crippen LogP contribution in [0.5, 0.6) is 0 Å². The summed E-state index contributed by atoms with van der Waals surface area (Å²) >= 11 is 0. The maximum absolute atomic E-state index is 12.2. The van der Waals surface area contributed by atoms with Crippen LogP contribution in [-0.2, 0) is 11.2 Å². The molecule has 0 fully saturated rings. The van der Waals surface area contributed by atoms with Gasteiger partial charge >= 0.3 is 0 Å². The summed E-state index contributed by atoms with van der Waals surface area (Å²) in [6, 6.07) is 9.71. The highest BCUT2D eigenvalue weighted by molar-refractivity contribution is 5.76. The van der Waals surface area contributed by atoms with E-state index in [0.717, 1.165) is 11.3 Å². The Labute approximate surface area is 121 Å². The first-order chi connectivity index (χ1) is 9.52. The van der Waals surface area contributed by atoms with Gasteiger partial charge in [-0.1, -0.05) is 26.0 Å². The number of rotatable bonds is 7. The van der Waals surface area contributed by atoms with Crippen LogP contribution in [0.25, 0.3) is 0 Å². The molecule has 0 aromatic heterocycles. The van der Waals surface area contributed by atoms with E-state index in [-0.39, 0.29) is 5.91 Å². The van der Waals surface area contributed by atoms with Crippen molar-refractivity contribution in [2.45, 2.75) is 33.1 Å². The van der Waals surface area contributed by atoms with Gasteiger partial charge in [-0.15, -0.1) is 0 Å². The van der Waals surface area contributed by atoms with Gasteiger partial charge in [-0.2, -0.15) is 5.26 Å². The molecule has 0 saturated carbocycles. The van der Waals surface area contributed by atoms with Crippen molar-refractivity contribution in [1.82, 2.24) is 4.90 Å². The summed E-state index contributed by atoms with van der Waals surface area (Å²) in [7, 11) is 0. The zero-order valence-electron chi connectivity index (χ0n) is 12.3. The standard InChI is InChI=1S/C16H23N3O/c1-13(2)12-19(10-4-9-17)16(20)8-7-14-5-3-6-15(18)11-14/h3,5-6,11,13H,4,7-8,10,12,18H2,1-2H3. The highest BCUT2D eigenvalue weighted by Gasteiger charge is 2.14. The van der Waals surface area contributed by atoms with Crippen molar-refractivity contribution in [2.24, 2.45) is 5.92 Å². The fourth-order valence-electron chi connectivity index (χ4n) is 2.10. The molecule has 0 aliphatic rings. The first kappa shape index (κ1) is 16.0. The lowest BCUT2D eigenvalue weighted by Crippen LogP contribution is -2.35. The molecule has 0 atom stereocenters. The van der Waals surface area contributed by atoms with Crippen LogP contribution in [0.4, 0.5) is 5.69 Å². The van der Waals surface area contributed by atoms with Gasteiger partial charge in [0, 0.05) is 25.2 Å². The largest absolute Gasteiger partial charge is 0.399 e. The number of carbonyl (C=O) groups is 1. The SMILES string of the molecule is CC(C)CN(CCC#N)C(=O)CCc1cccc(N)c1. The minimum Gasteiger partial charge on any atom is -0.399 e. The van der Waals surface area contributed by atoms with Crippen LogP contribution in [0.15, 0.2) is 24.3 Å². The van der Waals surface area contributed by atoms with Crippen LogP contribution in [0.1, 0.15) is 32.3 Å². The van der Waals surface area contributed by atoms with E-state index in [1.807, 2.05) is 24.3 Å². The Bertz CT molecular complexity index is 477. The quantitative estimate of drug-likeness (QED) is 0.776. The average Bonchev–Trinajstić information content (AvgIpc) is 2.40. The van der Waals surface area contributed by atoms with Crippen molar-refractivity contribution in [1.29, 1.82) is 5.26 Å². The monoisotopic (exact) mass is 273 g/mol. The molecule has 2 N–H and O–H groups in total. The molecule has 0 aliphatic heterocycles. The molecule has 4 nitrogen and oxygen atoms in total. The summed E-state index contributed by atoms with van der Waals surface area (Å²) in [5.74, 6) is 0.515. The topological polar surface area (TPSA) is 70.1 Å². The Kier molecular flexibility index (Phi) is 6.58. The van der Waals surface area contributed by atoms with E-state index in [9.17, 15) is 4.79 Å². The molecule has 0 spiro atoms. The maximum Gasteiger partial charge on any atom is 0.222 e. The van der Waals surface area contributed by atoms with Crippen molar-refractivity contribution >= 4 is 11.6 Å². The second kappa shape index (κ2) is 8.21. The van der Waals surface area contributed by atoms with Crippen LogP contribution in [0.3, 0.4) is 0 Å². The first-order valence-corrected chi connectivity index (χ1v) is 7.02. The molecule has 108 valence electrons. The summed E-state index contributed by atoms with van der Waals surface area (Å²) < 4.78 is 0. The second-order valence-corrected chi connectivity index (χ2v) is 5.39. The fraction of sp³-hybridized carbons (Fsp3) is 0.500. The summed E-state index contributed by atoms with van der Waals surface area (Å²) in [5, 5.41) is 8.67. The number of aryl methyl sites for hydroxylation is 1. The van der Waals surface area contributed by atoms with Crippen molar-refractivity contribution in [2.75, 3.05) is 18.8 Å². The van der Waals surface area contributed by atoms with Crippen LogP contribution in [0, 0.1) is 17.2 Å². The van der Waals surface area contributed by atoms with E-state index >= 15 is 0 Å². The number of nitrogens with two attached hydrogens (primary N) is 1. The third-order valence-corrected chi connectivity index (χ3v) is 3.01. The molecule has 0 bridgehead atoms. The van der Waals surface area contributed by atoms with Gasteiger partial charge in [0.05, 0.1) is 12.5 Å². The molecule has 4 heteroatoms. The number of nitrogen functional groups attached to an aromatic ring is 1. The minimum atomic E-state index is 0.108. The van der Waals surface area contributed by atoms with E-state index in [1.54, 1.807) is 4.90 Å². The van der Waals surface area contributed by atoms with E-state index in [0.29, 0.717) is 38.3 Å². The molecule has 1 aromatic rings. The Balaban J connectivity index is 2.55. The summed E-state index contributed by atoms with van der Waals surface area (Å²) in [5.41, 5.74) is 7.52. The number of carbonyl (C=O) groups excluding carboxylic acids is 1. The Hall–Kier alpha value is -2.02. The predicted molar refractivity (Wildman–Crippen MR) is 80.8 cm³/mol. The smallest absolute Gasteiger partial charge is 0.222 e. The summed E-state index contributed by atoms with van der Waals surface area (Å²) in [6.45, 7) is 5.37. The lowest BCUT2D eigenvalue weighted by molar-refractivity contribution is -0.131. The zero-order chi connectivity index (χ0) is 15.0. The molecular formula is C16H23N3O. The van der Waals surface area contributed by atoms with E-state index in [2.05, 4.69) is 19.9 Å². The van der Waals surface area contributed by atoms with Crippen molar-refractivity contribution in [3.8, 4) is 6.07 Å². The molecule has 0 unspecified atom stereocenters. The average molecular weight is 273 g/mol. The Morgan fingerprint density at radius 2 is 2.20 bits per heavy atom. The van der Waals surface area contributed by atoms with Crippen LogP contribution < -0.4 is 5.73 Å². The van der Waals surface area contributed by atoms with Gasteiger partial charge < -0.3 is 10.6 Å². The zero-order valence-corrected chi connectivity index (χ0v) is 12.3. The van der Waals surface area contributed by atoms with E-state index < -0.39 is 0 Å². The maximum atomic E-state index is 12.2. The van der Waals surface area contributed by atoms with Gasteiger partial charge in [0.2, 0.25) is 5.91 Å². The van der Waals surface area contributed by atoms with Crippen molar-refractivity contribution in [3.63, 3.8) is 0 Å². The van der Waals surface area contributed by atoms with Gasteiger partial charge in [-0.25, -0.2) is 0 Å². The summed E-state index contributed by atoms with van der Waals surface area (Å²) in [6.07, 6.45) is 1.53. The third-order valence-electron chi connectivity index (χ3n) is 3.01. The van der Waals surface area contributed by atoms with Gasteiger partial charge in [-0.3, -0.25) is 4.79 Å². The Morgan fingerprint density at radius 3 is 2.80 bits per heavy atom. The lowest BCUT2D eigenvalue weighted by Gasteiger charge is -2.23. The molecule has 1 rings (SSSR count). The fourth-order valence-corrected chi connectivity index (χ4v) is 2.10. The number of hydrogen-bond acceptors (Lipinski definition) is 3. The number of nitrogens with zero attached hydrogens (tertiary/aromatic N) is 2. The number of anilines is 1. The molecule has 1 amide bonds. The van der Waals surface area contributed by atoms with Gasteiger partial charge in [0.1, 0.15) is 0 Å². The number of benzene rings is 1. The van der Waals surface area contributed by atoms with Gasteiger partial charge in [-0.05, 0) is 30.0 Å². The van der Waals surface area contributed by atoms with Crippen LogP contribution in [-0.4, -0.2) is 23.9 Å². The van der Waals surface area contributed by atoms with Gasteiger partial charge in [0.15, 0.2) is 0 Å². The molecule has 0 saturated heterocycles. The molecule has 0 heterocycles. The number of hydrogen-bond donors (Lipinski definition) is 1. The number of amides is 1. The molecular weight excluding hydrogens is 250 g/mol. The Morgan fingerprint density at radius 1 is 1.45 bits per heavy atom. The van der Waals surface area contributed by atoms with Gasteiger partial charge in [0.25, 0.3) is 0 Å².